The molecule has 1 N–H and O–H groups in total. The zero-order valence-electron chi connectivity index (χ0n) is 22.5. The highest BCUT2D eigenvalue weighted by Crippen LogP contribution is 2.28. The highest BCUT2D eigenvalue weighted by Gasteiger charge is 2.31. The first-order valence-electron chi connectivity index (χ1n) is 12.9. The fourth-order valence-electron chi connectivity index (χ4n) is 4.62. The van der Waals surface area contributed by atoms with Gasteiger partial charge in [-0.2, -0.15) is 0 Å². The minimum atomic E-state index is -0.276. The van der Waals surface area contributed by atoms with E-state index in [-0.39, 0.29) is 48.1 Å². The molecule has 2 fully saturated rings. The topological polar surface area (TPSA) is 60.9 Å². The molecular weight excluding hydrogens is 474 g/mol. The van der Waals surface area contributed by atoms with Crippen LogP contribution in [0.4, 0.5) is 8.78 Å². The van der Waals surface area contributed by atoms with Gasteiger partial charge in [0, 0.05) is 18.7 Å². The first-order chi connectivity index (χ1) is 18.1. The number of terminal acetylenes is 1. The smallest absolute Gasteiger partial charge is 0.249 e. The molecule has 0 bridgehead atoms. The summed E-state index contributed by atoms with van der Waals surface area (Å²) in [7, 11) is 0. The third-order valence-electron chi connectivity index (χ3n) is 6.89. The van der Waals surface area contributed by atoms with Gasteiger partial charge in [-0.1, -0.05) is 30.8 Å². The molecule has 7 heteroatoms. The van der Waals surface area contributed by atoms with Gasteiger partial charge in [-0.3, -0.25) is 9.59 Å². The number of aliphatic hydroxyl groups excluding tert-OH is 1. The van der Waals surface area contributed by atoms with Gasteiger partial charge in [-0.15, -0.1) is 12.8 Å². The van der Waals surface area contributed by atoms with Crippen molar-refractivity contribution in [1.29, 1.82) is 0 Å². The lowest BCUT2D eigenvalue weighted by Crippen LogP contribution is -2.43. The molecule has 3 unspecified atom stereocenters. The molecule has 2 aliphatic heterocycles. The van der Waals surface area contributed by atoms with E-state index in [1.807, 2.05) is 13.8 Å². The van der Waals surface area contributed by atoms with Crippen LogP contribution < -0.4 is 0 Å². The summed E-state index contributed by atoms with van der Waals surface area (Å²) in [4.78, 5) is 27.7. The van der Waals surface area contributed by atoms with Crippen molar-refractivity contribution in [2.24, 2.45) is 5.92 Å². The summed E-state index contributed by atoms with van der Waals surface area (Å²) in [5, 5.41) is 9.17. The number of nitrogens with zero attached hydrogens (tertiary/aromatic N) is 2. The van der Waals surface area contributed by atoms with Crippen molar-refractivity contribution in [3.8, 4) is 12.8 Å². The first-order valence-corrected chi connectivity index (χ1v) is 12.4. The lowest BCUT2D eigenvalue weighted by molar-refractivity contribution is -0.142. The summed E-state index contributed by atoms with van der Waals surface area (Å²) >= 11 is 0. The predicted molar refractivity (Wildman–Crippen MR) is 141 cm³/mol. The van der Waals surface area contributed by atoms with Gasteiger partial charge < -0.3 is 14.9 Å². The van der Waals surface area contributed by atoms with Gasteiger partial charge in [0.25, 0.3) is 0 Å². The predicted octanol–water partition coefficient (Wildman–Crippen LogP) is 5.43. The maximum absolute atomic E-state index is 12.9. The molecule has 2 aromatic carbocycles. The number of carbonyl (C=O) groups is 2. The van der Waals surface area contributed by atoms with E-state index in [1.165, 1.54) is 30.7 Å². The Labute approximate surface area is 220 Å². The Morgan fingerprint density at radius 2 is 1.43 bits per heavy atom. The number of piperidine rings is 2. The summed E-state index contributed by atoms with van der Waals surface area (Å²) in [6.07, 6.45) is 9.16. The summed E-state index contributed by atoms with van der Waals surface area (Å²) in [6.45, 7) is 9.04. The van der Waals surface area contributed by atoms with Crippen LogP contribution in [0.25, 0.3) is 0 Å². The Morgan fingerprint density at radius 1 is 0.973 bits per heavy atom. The third-order valence-corrected chi connectivity index (χ3v) is 6.89. The van der Waals surface area contributed by atoms with Crippen molar-refractivity contribution in [3.63, 3.8) is 0 Å². The van der Waals surface area contributed by atoms with E-state index in [1.54, 1.807) is 34.1 Å². The largest absolute Gasteiger partial charge is 0.396 e. The molecule has 2 heterocycles. The number of hydrogen-bond donors (Lipinski definition) is 1. The van der Waals surface area contributed by atoms with Crippen LogP contribution in [0, 0.1) is 30.4 Å². The van der Waals surface area contributed by atoms with E-state index in [2.05, 4.69) is 13.0 Å². The monoisotopic (exact) mass is 511 g/mol. The average molecular weight is 512 g/mol. The molecule has 3 atom stereocenters. The van der Waals surface area contributed by atoms with Crippen molar-refractivity contribution >= 4 is 11.8 Å². The maximum Gasteiger partial charge on any atom is 0.249 e. The minimum absolute atomic E-state index is 0.000532. The Hall–Kier alpha value is -3.50. The highest BCUT2D eigenvalue weighted by molar-refractivity contribution is 5.93. The summed E-state index contributed by atoms with van der Waals surface area (Å²) in [6, 6.07) is 12.4. The summed E-state index contributed by atoms with van der Waals surface area (Å²) in [5.74, 6) is -0.783. The van der Waals surface area contributed by atoms with Crippen LogP contribution in [0.1, 0.15) is 64.1 Å². The molecule has 0 aliphatic carbocycles. The van der Waals surface area contributed by atoms with Crippen molar-refractivity contribution in [2.75, 3.05) is 19.7 Å². The molecule has 5 nitrogen and oxygen atoms in total. The third kappa shape index (κ3) is 7.74. The van der Waals surface area contributed by atoms with Gasteiger partial charge in [-0.25, -0.2) is 8.78 Å². The molecule has 2 amide bonds. The maximum atomic E-state index is 12.9. The van der Waals surface area contributed by atoms with Crippen molar-refractivity contribution in [1.82, 2.24) is 9.80 Å². The second-order valence-electron chi connectivity index (χ2n) is 9.21. The quantitative estimate of drug-likeness (QED) is 0.430. The number of hydrogen-bond acceptors (Lipinski definition) is 3. The number of aliphatic hydroxyl groups is 1. The second kappa shape index (κ2) is 14.3. The number of amides is 2. The number of benzene rings is 2. The molecule has 2 aromatic rings. The SMILES string of the molecule is C=C1CCCN(C(C)c2ccc(F)cc2)C1=O.CC(c1ccc(F)cc1)N1CCCC(CO)C1=O.[2H]C#C. The molecule has 2 saturated heterocycles. The highest BCUT2D eigenvalue weighted by atomic mass is 19.1. The van der Waals surface area contributed by atoms with Crippen LogP contribution >= 0.6 is 0 Å². The van der Waals surface area contributed by atoms with Crippen molar-refractivity contribution in [3.05, 3.63) is 83.4 Å². The first kappa shape index (κ1) is 28.1. The molecule has 2 aliphatic rings. The van der Waals surface area contributed by atoms with Gasteiger partial charge in [0.15, 0.2) is 0 Å². The lowest BCUT2D eigenvalue weighted by Gasteiger charge is -2.36. The van der Waals surface area contributed by atoms with E-state index in [0.717, 1.165) is 43.4 Å². The summed E-state index contributed by atoms with van der Waals surface area (Å²) in [5.41, 5.74) is 2.54. The van der Waals surface area contributed by atoms with E-state index in [9.17, 15) is 23.5 Å². The standard InChI is InChI=1S/C14H18FNO2.C14H16FNO.C2H2/c1-10(11-4-6-13(15)7-5-11)16-8-2-3-12(9-17)14(16)18;1-10-4-3-9-16(14(10)17)11(2)12-5-7-13(15)8-6-12;1-2/h4-7,10,12,17H,2-3,8-9H2,1H3;5-8,11H,1,3-4,9H2,2H3;1-2H/i;;1D. The molecule has 0 radical (unpaired) electrons. The molecule has 0 spiro atoms. The Balaban J connectivity index is 0.000000242. The second-order valence-corrected chi connectivity index (χ2v) is 9.21. The zero-order valence-corrected chi connectivity index (χ0v) is 21.5. The van der Waals surface area contributed by atoms with Crippen LogP contribution in [-0.2, 0) is 9.59 Å². The average Bonchev–Trinajstić information content (AvgIpc) is 2.91. The lowest BCUT2D eigenvalue weighted by atomic mass is 9.95. The van der Waals surface area contributed by atoms with Crippen LogP contribution in [-0.4, -0.2) is 46.4 Å². The van der Waals surface area contributed by atoms with Gasteiger partial charge in [0.2, 0.25) is 11.8 Å². The van der Waals surface area contributed by atoms with Crippen LogP contribution in [0.5, 0.6) is 0 Å². The normalized spacial score (nSPS) is 19.4. The number of halogens is 2. The Kier molecular flexibility index (Phi) is 10.8. The molecule has 4 rings (SSSR count). The number of likely N-dealkylation sites (tertiary alicyclic amines) is 2. The van der Waals surface area contributed by atoms with Gasteiger partial charge in [0.1, 0.15) is 13.0 Å². The summed E-state index contributed by atoms with van der Waals surface area (Å²) < 4.78 is 31.4. The van der Waals surface area contributed by atoms with E-state index in [0.29, 0.717) is 12.1 Å². The van der Waals surface area contributed by atoms with E-state index < -0.39 is 0 Å². The van der Waals surface area contributed by atoms with Crippen LogP contribution in [0.2, 0.25) is 0 Å². The fraction of sp³-hybridized carbons (Fsp3) is 0.400. The minimum Gasteiger partial charge on any atom is -0.396 e. The Bertz CT molecular complexity index is 1120. The van der Waals surface area contributed by atoms with Gasteiger partial charge in [0.05, 0.1) is 24.6 Å². The molecule has 37 heavy (non-hydrogen) atoms. The zero-order chi connectivity index (χ0) is 28.2. The molecule has 0 saturated carbocycles. The van der Waals surface area contributed by atoms with Crippen LogP contribution in [0.3, 0.4) is 0 Å². The van der Waals surface area contributed by atoms with Crippen LogP contribution in [0.15, 0.2) is 60.7 Å². The number of rotatable bonds is 5. The molecular formula is C30H36F2N2O3. The molecule has 0 aromatic heterocycles. The van der Waals surface area contributed by atoms with Gasteiger partial charge >= 0.3 is 0 Å². The van der Waals surface area contributed by atoms with Gasteiger partial charge in [-0.05, 0) is 74.9 Å². The van der Waals surface area contributed by atoms with E-state index in [4.69, 9.17) is 1.37 Å². The number of carbonyl (C=O) groups excluding carboxylic acids is 2. The van der Waals surface area contributed by atoms with Crippen molar-refractivity contribution < 1.29 is 24.8 Å². The van der Waals surface area contributed by atoms with E-state index >= 15 is 0 Å². The van der Waals surface area contributed by atoms with Crippen molar-refractivity contribution in [2.45, 2.75) is 51.6 Å². The molecule has 198 valence electrons. The fourth-order valence-corrected chi connectivity index (χ4v) is 4.62. The Morgan fingerprint density at radius 3 is 1.92 bits per heavy atom.